The summed E-state index contributed by atoms with van der Waals surface area (Å²) >= 11 is 1.10. The first-order chi connectivity index (χ1) is 17.4. The first kappa shape index (κ1) is 24.5. The van der Waals surface area contributed by atoms with Gasteiger partial charge in [-0.15, -0.1) is 5.10 Å². The number of quaternary nitrogens is 1. The standard InChI is InChI=1S/C27H30N4O4S/c1-19-24(36-30-29-19)25(32)28-14-17-31-15-12-20(13-16-31)23(18-31)35-26(33)27(34,21-8-4-2-5-9-21)22-10-6-3-7-11-22/h2-11,20,23,34H,12-18H2,1H3/p+1/t20?,23-,31?/m0/s1. The third-order valence-corrected chi connectivity index (χ3v) is 8.53. The van der Waals surface area contributed by atoms with Gasteiger partial charge in [0, 0.05) is 18.8 Å². The number of aryl methyl sites for hydroxylation is 1. The molecule has 188 valence electrons. The lowest BCUT2D eigenvalue weighted by Gasteiger charge is -2.52. The number of nitrogens with zero attached hydrogens (tertiary/aromatic N) is 3. The molecule has 0 radical (unpaired) electrons. The minimum atomic E-state index is -1.88. The van der Waals surface area contributed by atoms with E-state index in [1.807, 2.05) is 36.4 Å². The normalized spacial score (nSPS) is 23.3. The van der Waals surface area contributed by atoms with Gasteiger partial charge in [0.25, 0.3) is 5.91 Å². The lowest BCUT2D eigenvalue weighted by Crippen LogP contribution is -2.66. The predicted molar refractivity (Wildman–Crippen MR) is 135 cm³/mol. The average Bonchev–Trinajstić information content (AvgIpc) is 3.35. The van der Waals surface area contributed by atoms with Crippen LogP contribution < -0.4 is 5.32 Å². The molecular weight excluding hydrogens is 476 g/mol. The molecule has 2 bridgehead atoms. The Morgan fingerprint density at radius 2 is 1.69 bits per heavy atom. The van der Waals surface area contributed by atoms with E-state index in [0.717, 1.165) is 48.5 Å². The summed E-state index contributed by atoms with van der Waals surface area (Å²) in [5.41, 5.74) is -0.267. The molecule has 1 aromatic heterocycles. The molecule has 4 heterocycles. The van der Waals surface area contributed by atoms with Gasteiger partial charge in [-0.2, -0.15) is 0 Å². The number of fused-ring (bicyclic) bond motifs is 3. The van der Waals surface area contributed by atoms with Crippen molar-refractivity contribution in [1.29, 1.82) is 0 Å². The number of esters is 1. The summed E-state index contributed by atoms with van der Waals surface area (Å²) in [6.45, 7) is 5.75. The molecule has 2 N–H and O–H groups in total. The van der Waals surface area contributed by atoms with E-state index in [4.69, 9.17) is 4.74 Å². The Morgan fingerprint density at radius 1 is 1.08 bits per heavy atom. The molecule has 3 aromatic rings. The molecule has 36 heavy (non-hydrogen) atoms. The number of rotatable bonds is 8. The second-order valence-electron chi connectivity index (χ2n) is 9.86. The van der Waals surface area contributed by atoms with Gasteiger partial charge in [0.1, 0.15) is 11.4 Å². The minimum absolute atomic E-state index is 0.147. The number of hydrogen-bond acceptors (Lipinski definition) is 7. The van der Waals surface area contributed by atoms with E-state index in [9.17, 15) is 14.7 Å². The summed E-state index contributed by atoms with van der Waals surface area (Å²) in [7, 11) is 0. The number of amides is 1. The molecule has 8 nitrogen and oxygen atoms in total. The van der Waals surface area contributed by atoms with Crippen LogP contribution in [-0.4, -0.2) is 69.9 Å². The number of benzene rings is 2. The third-order valence-electron chi connectivity index (χ3n) is 7.71. The largest absolute Gasteiger partial charge is 0.453 e. The fourth-order valence-electron chi connectivity index (χ4n) is 5.58. The molecule has 0 aliphatic carbocycles. The maximum absolute atomic E-state index is 13.6. The maximum atomic E-state index is 13.6. The van der Waals surface area contributed by atoms with Gasteiger partial charge in [0.05, 0.1) is 31.9 Å². The van der Waals surface area contributed by atoms with E-state index in [1.54, 1.807) is 31.2 Å². The van der Waals surface area contributed by atoms with Crippen molar-refractivity contribution < 1.29 is 23.9 Å². The molecule has 3 aliphatic heterocycles. The molecule has 9 heteroatoms. The summed E-state index contributed by atoms with van der Waals surface area (Å²) < 4.78 is 10.8. The van der Waals surface area contributed by atoms with E-state index in [1.165, 1.54) is 0 Å². The summed E-state index contributed by atoms with van der Waals surface area (Å²) in [5.74, 6) is -0.505. The van der Waals surface area contributed by atoms with Crippen LogP contribution in [0.4, 0.5) is 0 Å². The van der Waals surface area contributed by atoms with Crippen molar-refractivity contribution in [2.75, 3.05) is 32.7 Å². The van der Waals surface area contributed by atoms with Crippen molar-refractivity contribution in [3.8, 4) is 0 Å². The van der Waals surface area contributed by atoms with Crippen molar-refractivity contribution in [2.45, 2.75) is 31.5 Å². The fourth-order valence-corrected chi connectivity index (χ4v) is 6.15. The Bertz CT molecular complexity index is 1170. The van der Waals surface area contributed by atoms with E-state index < -0.39 is 11.6 Å². The number of carbonyl (C=O) groups is 2. The zero-order chi connectivity index (χ0) is 25.2. The van der Waals surface area contributed by atoms with E-state index in [2.05, 4.69) is 14.9 Å². The molecule has 1 amide bonds. The van der Waals surface area contributed by atoms with Gasteiger partial charge in [-0.1, -0.05) is 65.2 Å². The number of piperidine rings is 3. The van der Waals surface area contributed by atoms with Crippen LogP contribution in [0.5, 0.6) is 0 Å². The number of nitrogens with one attached hydrogen (secondary N) is 1. The Balaban J connectivity index is 1.28. The van der Waals surface area contributed by atoms with Gasteiger partial charge in [-0.05, 0) is 29.6 Å². The summed E-state index contributed by atoms with van der Waals surface area (Å²) in [5, 5.41) is 18.7. The van der Waals surface area contributed by atoms with Gasteiger partial charge >= 0.3 is 5.97 Å². The highest BCUT2D eigenvalue weighted by Gasteiger charge is 2.50. The summed E-state index contributed by atoms with van der Waals surface area (Å²) in [6, 6.07) is 18.0. The van der Waals surface area contributed by atoms with Crippen LogP contribution in [0, 0.1) is 12.8 Å². The van der Waals surface area contributed by atoms with Crippen molar-refractivity contribution in [3.63, 3.8) is 0 Å². The summed E-state index contributed by atoms with van der Waals surface area (Å²) in [6.07, 6.45) is 1.64. The van der Waals surface area contributed by atoms with Crippen LogP contribution >= 0.6 is 11.5 Å². The molecule has 3 fully saturated rings. The van der Waals surface area contributed by atoms with Crippen LogP contribution in [0.15, 0.2) is 60.7 Å². The zero-order valence-corrected chi connectivity index (χ0v) is 21.1. The number of aromatic nitrogens is 2. The lowest BCUT2D eigenvalue weighted by molar-refractivity contribution is -0.945. The Hall–Kier alpha value is -3.14. The molecule has 0 saturated carbocycles. The average molecular weight is 508 g/mol. The van der Waals surface area contributed by atoms with Gasteiger partial charge in [-0.3, -0.25) is 4.79 Å². The first-order valence-corrected chi connectivity index (χ1v) is 13.2. The Kier molecular flexibility index (Phi) is 6.87. The Labute approximate surface area is 214 Å². The molecule has 0 unspecified atom stereocenters. The van der Waals surface area contributed by atoms with Gasteiger partial charge in [0.15, 0.2) is 6.10 Å². The number of ether oxygens (including phenoxy) is 1. The SMILES string of the molecule is Cc1nnsc1C(=O)NCC[N+]12CCC(CC1)[C@@H](OC(=O)C(O)(c1ccccc1)c1ccccc1)C2. The maximum Gasteiger partial charge on any atom is 0.348 e. The molecule has 1 atom stereocenters. The highest BCUT2D eigenvalue weighted by Crippen LogP contribution is 2.38. The molecule has 3 aliphatic rings. The van der Waals surface area contributed by atoms with Crippen LogP contribution in [0.3, 0.4) is 0 Å². The topological polar surface area (TPSA) is 101 Å². The van der Waals surface area contributed by atoms with Crippen LogP contribution in [0.2, 0.25) is 0 Å². The number of carbonyl (C=O) groups excluding carboxylic acids is 2. The van der Waals surface area contributed by atoms with Crippen molar-refractivity contribution in [2.24, 2.45) is 5.92 Å². The van der Waals surface area contributed by atoms with E-state index in [0.29, 0.717) is 34.8 Å². The second-order valence-corrected chi connectivity index (χ2v) is 10.6. The molecular formula is C27H31N4O4S+. The van der Waals surface area contributed by atoms with Gasteiger partial charge < -0.3 is 19.6 Å². The smallest absolute Gasteiger partial charge is 0.348 e. The first-order valence-electron chi connectivity index (χ1n) is 12.4. The van der Waals surface area contributed by atoms with Crippen molar-refractivity contribution in [1.82, 2.24) is 14.9 Å². The predicted octanol–water partition coefficient (Wildman–Crippen LogP) is 2.66. The third kappa shape index (κ3) is 4.66. The second kappa shape index (κ2) is 10.1. The van der Waals surface area contributed by atoms with E-state index >= 15 is 0 Å². The minimum Gasteiger partial charge on any atom is -0.453 e. The molecule has 3 saturated heterocycles. The van der Waals surface area contributed by atoms with Gasteiger partial charge in [-0.25, -0.2) is 4.79 Å². The summed E-state index contributed by atoms with van der Waals surface area (Å²) in [4.78, 5) is 26.7. The number of hydrogen-bond donors (Lipinski definition) is 2. The van der Waals surface area contributed by atoms with Crippen LogP contribution in [0.25, 0.3) is 0 Å². The van der Waals surface area contributed by atoms with E-state index in [-0.39, 0.29) is 17.9 Å². The highest BCUT2D eigenvalue weighted by atomic mass is 32.1. The van der Waals surface area contributed by atoms with Crippen LogP contribution in [0.1, 0.15) is 39.3 Å². The lowest BCUT2D eigenvalue weighted by atomic mass is 9.82. The quantitative estimate of drug-likeness (QED) is 0.359. The van der Waals surface area contributed by atoms with Crippen LogP contribution in [-0.2, 0) is 15.1 Å². The van der Waals surface area contributed by atoms with Crippen molar-refractivity contribution >= 4 is 23.4 Å². The molecule has 6 rings (SSSR count). The Morgan fingerprint density at radius 3 is 2.25 bits per heavy atom. The molecule has 2 aromatic carbocycles. The monoisotopic (exact) mass is 507 g/mol. The highest BCUT2D eigenvalue weighted by molar-refractivity contribution is 7.08. The molecule has 0 spiro atoms. The fraction of sp³-hybridized carbons (Fsp3) is 0.407. The van der Waals surface area contributed by atoms with Gasteiger partial charge in [0.2, 0.25) is 5.60 Å². The number of aliphatic hydroxyl groups is 1. The van der Waals surface area contributed by atoms with Crippen molar-refractivity contribution in [3.05, 3.63) is 82.4 Å². The zero-order valence-electron chi connectivity index (χ0n) is 20.3.